The van der Waals surface area contributed by atoms with Gasteiger partial charge in [0, 0.05) is 26.8 Å². The predicted octanol–water partition coefficient (Wildman–Crippen LogP) is 1.75. The van der Waals surface area contributed by atoms with Gasteiger partial charge in [0.1, 0.15) is 11.6 Å². The van der Waals surface area contributed by atoms with Crippen LogP contribution in [0.1, 0.15) is 22.0 Å². The van der Waals surface area contributed by atoms with E-state index in [1.165, 1.54) is 24.3 Å². The molecule has 0 spiro atoms. The Labute approximate surface area is 128 Å². The molecular formula is C16H18FN3O2. The summed E-state index contributed by atoms with van der Waals surface area (Å²) >= 11 is 0. The smallest absolute Gasteiger partial charge is 0.255 e. The summed E-state index contributed by atoms with van der Waals surface area (Å²) in [5.41, 5.74) is 0.972. The summed E-state index contributed by atoms with van der Waals surface area (Å²) in [6.45, 7) is 0.0340. The van der Waals surface area contributed by atoms with Crippen LogP contribution in [0.3, 0.4) is 0 Å². The fourth-order valence-electron chi connectivity index (χ4n) is 2.02. The maximum Gasteiger partial charge on any atom is 0.255 e. The van der Waals surface area contributed by atoms with Crippen molar-refractivity contribution in [3.8, 4) is 0 Å². The van der Waals surface area contributed by atoms with Crippen LogP contribution >= 0.6 is 0 Å². The molecule has 2 rings (SSSR count). The molecule has 0 aliphatic rings. The van der Waals surface area contributed by atoms with Crippen LogP contribution in [-0.4, -0.2) is 36.6 Å². The Hall–Kier alpha value is -2.47. The number of pyridine rings is 1. The molecule has 1 unspecified atom stereocenters. The van der Waals surface area contributed by atoms with Crippen LogP contribution in [0, 0.1) is 5.82 Å². The van der Waals surface area contributed by atoms with Crippen LogP contribution in [0.4, 0.5) is 10.2 Å². The van der Waals surface area contributed by atoms with E-state index in [2.05, 4.69) is 10.3 Å². The van der Waals surface area contributed by atoms with Crippen molar-refractivity contribution >= 4 is 11.7 Å². The van der Waals surface area contributed by atoms with Crippen molar-refractivity contribution in [1.29, 1.82) is 0 Å². The monoisotopic (exact) mass is 303 g/mol. The zero-order chi connectivity index (χ0) is 16.1. The summed E-state index contributed by atoms with van der Waals surface area (Å²) in [6, 6.07) is 8.86. The van der Waals surface area contributed by atoms with E-state index in [0.717, 1.165) is 0 Å². The fraction of sp³-hybridized carbons (Fsp3) is 0.250. The first-order valence-corrected chi connectivity index (χ1v) is 6.83. The molecule has 1 heterocycles. The van der Waals surface area contributed by atoms with Crippen LogP contribution in [0.5, 0.6) is 0 Å². The predicted molar refractivity (Wildman–Crippen MR) is 82.3 cm³/mol. The molecule has 6 heteroatoms. The van der Waals surface area contributed by atoms with Gasteiger partial charge in [-0.3, -0.25) is 4.79 Å². The first-order valence-electron chi connectivity index (χ1n) is 6.83. The Bertz CT molecular complexity index is 644. The number of amides is 1. The average Bonchev–Trinajstić information content (AvgIpc) is 2.53. The van der Waals surface area contributed by atoms with Crippen molar-refractivity contribution in [2.75, 3.05) is 25.5 Å². The number of anilines is 1. The van der Waals surface area contributed by atoms with Gasteiger partial charge in [0.2, 0.25) is 0 Å². The number of hydrogen-bond acceptors (Lipinski definition) is 4. The van der Waals surface area contributed by atoms with E-state index < -0.39 is 6.10 Å². The lowest BCUT2D eigenvalue weighted by molar-refractivity contribution is 0.0916. The molecule has 116 valence electrons. The Morgan fingerprint density at radius 3 is 2.64 bits per heavy atom. The number of nitrogens with zero attached hydrogens (tertiary/aromatic N) is 2. The minimum atomic E-state index is -0.899. The lowest BCUT2D eigenvalue weighted by Gasteiger charge is -2.16. The highest BCUT2D eigenvalue weighted by molar-refractivity contribution is 5.98. The van der Waals surface area contributed by atoms with Gasteiger partial charge in [0.25, 0.3) is 5.91 Å². The second-order valence-electron chi connectivity index (χ2n) is 5.05. The largest absolute Gasteiger partial charge is 0.387 e. The van der Waals surface area contributed by atoms with E-state index in [4.69, 9.17) is 0 Å². The van der Waals surface area contributed by atoms with E-state index in [0.29, 0.717) is 16.9 Å². The molecule has 0 radical (unpaired) electrons. The van der Waals surface area contributed by atoms with Crippen LogP contribution < -0.4 is 10.2 Å². The summed E-state index contributed by atoms with van der Waals surface area (Å²) in [5, 5.41) is 12.7. The molecule has 1 atom stereocenters. The number of halogens is 1. The Morgan fingerprint density at radius 2 is 2.00 bits per heavy atom. The van der Waals surface area contributed by atoms with Gasteiger partial charge in [-0.25, -0.2) is 9.37 Å². The van der Waals surface area contributed by atoms with Gasteiger partial charge in [-0.15, -0.1) is 0 Å². The minimum absolute atomic E-state index is 0.0340. The summed E-state index contributed by atoms with van der Waals surface area (Å²) in [6.07, 6.45) is 0.712. The molecule has 2 aromatic rings. The number of nitrogens with one attached hydrogen (secondary N) is 1. The molecule has 2 N–H and O–H groups in total. The Kier molecular flexibility index (Phi) is 5.06. The number of carbonyl (C=O) groups excluding carboxylic acids is 1. The van der Waals surface area contributed by atoms with Gasteiger partial charge in [0.05, 0.1) is 11.7 Å². The minimum Gasteiger partial charge on any atom is -0.387 e. The quantitative estimate of drug-likeness (QED) is 0.883. The maximum absolute atomic E-state index is 12.8. The lowest BCUT2D eigenvalue weighted by Crippen LogP contribution is -2.30. The van der Waals surface area contributed by atoms with Crippen molar-refractivity contribution < 1.29 is 14.3 Å². The fourth-order valence-corrected chi connectivity index (χ4v) is 2.02. The van der Waals surface area contributed by atoms with Crippen molar-refractivity contribution in [2.45, 2.75) is 6.10 Å². The average molecular weight is 303 g/mol. The molecule has 5 nitrogen and oxygen atoms in total. The SMILES string of the molecule is CN(C)c1ncccc1C(=O)NCC(O)c1ccc(F)cc1. The van der Waals surface area contributed by atoms with E-state index in [9.17, 15) is 14.3 Å². The Balaban J connectivity index is 2.02. The zero-order valence-corrected chi connectivity index (χ0v) is 12.5. The summed E-state index contributed by atoms with van der Waals surface area (Å²) in [4.78, 5) is 18.1. The van der Waals surface area contributed by atoms with Crippen LogP contribution in [0.2, 0.25) is 0 Å². The molecule has 22 heavy (non-hydrogen) atoms. The number of aromatic nitrogens is 1. The van der Waals surface area contributed by atoms with E-state index in [1.807, 2.05) is 0 Å². The van der Waals surface area contributed by atoms with Crippen molar-refractivity contribution in [3.63, 3.8) is 0 Å². The van der Waals surface area contributed by atoms with Crippen LogP contribution in [0.25, 0.3) is 0 Å². The van der Waals surface area contributed by atoms with E-state index in [1.54, 1.807) is 37.3 Å². The third-order valence-corrected chi connectivity index (χ3v) is 3.17. The molecule has 1 amide bonds. The maximum atomic E-state index is 12.8. The van der Waals surface area contributed by atoms with Crippen LogP contribution in [0.15, 0.2) is 42.6 Å². The van der Waals surface area contributed by atoms with Crippen molar-refractivity contribution in [3.05, 3.63) is 59.5 Å². The second-order valence-corrected chi connectivity index (χ2v) is 5.05. The van der Waals surface area contributed by atoms with Crippen molar-refractivity contribution in [1.82, 2.24) is 10.3 Å². The molecule has 0 aliphatic heterocycles. The van der Waals surface area contributed by atoms with E-state index >= 15 is 0 Å². The third kappa shape index (κ3) is 3.79. The number of hydrogen-bond donors (Lipinski definition) is 2. The standard InChI is InChI=1S/C16H18FN3O2/c1-20(2)15-13(4-3-9-18-15)16(22)19-10-14(21)11-5-7-12(17)8-6-11/h3-9,14,21H,10H2,1-2H3,(H,19,22). The van der Waals surface area contributed by atoms with Gasteiger partial charge in [-0.2, -0.15) is 0 Å². The molecule has 1 aromatic heterocycles. The molecule has 0 aliphatic carbocycles. The lowest BCUT2D eigenvalue weighted by atomic mass is 10.1. The molecule has 0 bridgehead atoms. The zero-order valence-electron chi connectivity index (χ0n) is 12.5. The van der Waals surface area contributed by atoms with E-state index in [-0.39, 0.29) is 18.3 Å². The number of rotatable bonds is 5. The molecule has 0 saturated heterocycles. The summed E-state index contributed by atoms with van der Waals surface area (Å²) in [7, 11) is 3.60. The number of carbonyl (C=O) groups is 1. The topological polar surface area (TPSA) is 65.5 Å². The van der Waals surface area contributed by atoms with Gasteiger partial charge in [0.15, 0.2) is 0 Å². The van der Waals surface area contributed by atoms with Crippen molar-refractivity contribution in [2.24, 2.45) is 0 Å². The number of aliphatic hydroxyl groups is 1. The Morgan fingerprint density at radius 1 is 1.32 bits per heavy atom. The van der Waals surface area contributed by atoms with Crippen LogP contribution in [-0.2, 0) is 0 Å². The first kappa shape index (κ1) is 15.9. The van der Waals surface area contributed by atoms with Gasteiger partial charge in [-0.05, 0) is 29.8 Å². The normalized spacial score (nSPS) is 11.8. The highest BCUT2D eigenvalue weighted by Crippen LogP contribution is 2.15. The molecule has 0 fully saturated rings. The third-order valence-electron chi connectivity index (χ3n) is 3.17. The number of aliphatic hydroxyl groups excluding tert-OH is 1. The molecule has 1 aromatic carbocycles. The first-order chi connectivity index (χ1) is 10.5. The summed E-state index contributed by atoms with van der Waals surface area (Å²) < 4.78 is 12.8. The number of benzene rings is 1. The highest BCUT2D eigenvalue weighted by Gasteiger charge is 2.15. The highest BCUT2D eigenvalue weighted by atomic mass is 19.1. The molecule has 0 saturated carbocycles. The summed E-state index contributed by atoms with van der Waals surface area (Å²) in [5.74, 6) is -0.139. The van der Waals surface area contributed by atoms with Gasteiger partial charge >= 0.3 is 0 Å². The van der Waals surface area contributed by atoms with Gasteiger partial charge in [-0.1, -0.05) is 12.1 Å². The van der Waals surface area contributed by atoms with Gasteiger partial charge < -0.3 is 15.3 Å². The second kappa shape index (κ2) is 7.00. The molecular weight excluding hydrogens is 285 g/mol.